The summed E-state index contributed by atoms with van der Waals surface area (Å²) in [5.74, 6) is -0.271. The summed E-state index contributed by atoms with van der Waals surface area (Å²) in [6.07, 6.45) is 1.85. The van der Waals surface area contributed by atoms with Crippen LogP contribution in [0.2, 0.25) is 0 Å². The Labute approximate surface area is 85.8 Å². The van der Waals surface area contributed by atoms with Gasteiger partial charge in [0.1, 0.15) is 11.3 Å². The lowest BCUT2D eigenvalue weighted by atomic mass is 10.1. The zero-order valence-corrected chi connectivity index (χ0v) is 8.21. The molecule has 0 saturated carbocycles. The van der Waals surface area contributed by atoms with E-state index in [1.165, 1.54) is 6.07 Å². The third-order valence-corrected chi connectivity index (χ3v) is 2.67. The third kappa shape index (κ3) is 1.06. The van der Waals surface area contributed by atoms with E-state index in [4.69, 9.17) is 0 Å². The second-order valence-corrected chi connectivity index (χ2v) is 3.60. The van der Waals surface area contributed by atoms with E-state index in [2.05, 4.69) is 9.97 Å². The molecule has 0 radical (unpaired) electrons. The van der Waals surface area contributed by atoms with Gasteiger partial charge in [-0.1, -0.05) is 12.1 Å². The summed E-state index contributed by atoms with van der Waals surface area (Å²) in [6.45, 7) is 1.89. The highest BCUT2D eigenvalue weighted by Crippen LogP contribution is 2.26. The van der Waals surface area contributed by atoms with Crippen molar-refractivity contribution in [2.45, 2.75) is 6.92 Å². The van der Waals surface area contributed by atoms with Crippen LogP contribution in [0.4, 0.5) is 4.39 Å². The van der Waals surface area contributed by atoms with E-state index in [9.17, 15) is 4.39 Å². The van der Waals surface area contributed by atoms with Gasteiger partial charge >= 0.3 is 0 Å². The molecule has 0 fully saturated rings. The standard InChI is InChI=1S/C12H9FN2/c1-7-8-5-6-14-11(8)9-3-2-4-10(13)12(9)15-7/h2-6,14H,1H3. The van der Waals surface area contributed by atoms with E-state index < -0.39 is 0 Å². The fourth-order valence-electron chi connectivity index (χ4n) is 1.95. The van der Waals surface area contributed by atoms with Gasteiger partial charge in [0, 0.05) is 22.7 Å². The van der Waals surface area contributed by atoms with Crippen LogP contribution in [0.15, 0.2) is 30.5 Å². The maximum Gasteiger partial charge on any atom is 0.149 e. The number of hydrogen-bond acceptors (Lipinski definition) is 1. The van der Waals surface area contributed by atoms with Crippen molar-refractivity contribution in [3.8, 4) is 0 Å². The molecule has 0 saturated heterocycles. The SMILES string of the molecule is Cc1nc2c(F)cccc2c2[nH]ccc12. The number of aryl methyl sites for hydroxylation is 1. The second-order valence-electron chi connectivity index (χ2n) is 3.60. The molecule has 1 N–H and O–H groups in total. The smallest absolute Gasteiger partial charge is 0.149 e. The third-order valence-electron chi connectivity index (χ3n) is 2.67. The summed E-state index contributed by atoms with van der Waals surface area (Å²) in [5, 5.41) is 1.88. The van der Waals surface area contributed by atoms with Crippen LogP contribution < -0.4 is 0 Å². The summed E-state index contributed by atoms with van der Waals surface area (Å²) in [6, 6.07) is 6.98. The molecule has 2 aromatic heterocycles. The molecule has 0 aliphatic heterocycles. The maximum atomic E-state index is 13.5. The van der Waals surface area contributed by atoms with Crippen LogP contribution in [0.5, 0.6) is 0 Å². The molecule has 0 atom stereocenters. The molecule has 0 amide bonds. The first-order chi connectivity index (χ1) is 7.27. The van der Waals surface area contributed by atoms with Gasteiger partial charge < -0.3 is 4.98 Å². The molecule has 0 aliphatic carbocycles. The quantitative estimate of drug-likeness (QED) is 0.593. The van der Waals surface area contributed by atoms with Crippen LogP contribution in [-0.4, -0.2) is 9.97 Å². The normalized spacial score (nSPS) is 11.3. The Balaban J connectivity index is 2.66. The zero-order valence-electron chi connectivity index (χ0n) is 8.21. The van der Waals surface area contributed by atoms with Crippen LogP contribution in [0, 0.1) is 12.7 Å². The minimum atomic E-state index is -0.271. The first-order valence-electron chi connectivity index (χ1n) is 4.79. The number of nitrogens with one attached hydrogen (secondary N) is 1. The Kier molecular flexibility index (Phi) is 1.57. The average molecular weight is 200 g/mol. The molecule has 0 spiro atoms. The van der Waals surface area contributed by atoms with Crippen LogP contribution in [0.25, 0.3) is 21.8 Å². The molecule has 74 valence electrons. The Morgan fingerprint density at radius 2 is 2.07 bits per heavy atom. The summed E-state index contributed by atoms with van der Waals surface area (Å²) in [7, 11) is 0. The van der Waals surface area contributed by atoms with Crippen molar-refractivity contribution in [3.63, 3.8) is 0 Å². The lowest BCUT2D eigenvalue weighted by Gasteiger charge is -2.02. The van der Waals surface area contributed by atoms with Crippen LogP contribution in [0.3, 0.4) is 0 Å². The minimum Gasteiger partial charge on any atom is -0.361 e. The molecule has 0 aliphatic rings. The maximum absolute atomic E-state index is 13.5. The second kappa shape index (κ2) is 2.79. The number of benzene rings is 1. The number of H-pyrrole nitrogens is 1. The van der Waals surface area contributed by atoms with E-state index in [1.54, 1.807) is 6.07 Å². The molecule has 2 heterocycles. The fourth-order valence-corrected chi connectivity index (χ4v) is 1.95. The highest BCUT2D eigenvalue weighted by molar-refractivity contribution is 6.04. The highest BCUT2D eigenvalue weighted by Gasteiger charge is 2.08. The van der Waals surface area contributed by atoms with E-state index in [1.807, 2.05) is 25.3 Å². The molecule has 3 rings (SSSR count). The van der Waals surface area contributed by atoms with Gasteiger partial charge in [0.2, 0.25) is 0 Å². The van der Waals surface area contributed by atoms with Crippen molar-refractivity contribution in [1.29, 1.82) is 0 Å². The number of rotatable bonds is 0. The zero-order chi connectivity index (χ0) is 10.4. The minimum absolute atomic E-state index is 0.271. The predicted molar refractivity (Wildman–Crippen MR) is 58.3 cm³/mol. The number of halogens is 1. The van der Waals surface area contributed by atoms with E-state index in [-0.39, 0.29) is 5.82 Å². The van der Waals surface area contributed by atoms with Gasteiger partial charge in [-0.05, 0) is 19.1 Å². The molecular formula is C12H9FN2. The van der Waals surface area contributed by atoms with Crippen LogP contribution >= 0.6 is 0 Å². The van der Waals surface area contributed by atoms with Crippen LogP contribution in [0.1, 0.15) is 5.69 Å². The van der Waals surface area contributed by atoms with E-state index in [0.29, 0.717) is 5.52 Å². The average Bonchev–Trinajstić information content (AvgIpc) is 2.69. The largest absolute Gasteiger partial charge is 0.361 e. The number of hydrogen-bond donors (Lipinski definition) is 1. The molecule has 0 bridgehead atoms. The van der Waals surface area contributed by atoms with Crippen molar-refractivity contribution in [1.82, 2.24) is 9.97 Å². The van der Waals surface area contributed by atoms with Gasteiger partial charge in [0.15, 0.2) is 0 Å². The summed E-state index contributed by atoms with van der Waals surface area (Å²) in [4.78, 5) is 7.40. The molecule has 2 nitrogen and oxygen atoms in total. The summed E-state index contributed by atoms with van der Waals surface area (Å²) in [5.41, 5.74) is 2.24. The fraction of sp³-hybridized carbons (Fsp3) is 0.0833. The van der Waals surface area contributed by atoms with Gasteiger partial charge in [0.25, 0.3) is 0 Å². The van der Waals surface area contributed by atoms with Crippen molar-refractivity contribution in [2.24, 2.45) is 0 Å². The number of nitrogens with zero attached hydrogens (tertiary/aromatic N) is 1. The van der Waals surface area contributed by atoms with Gasteiger partial charge in [-0.2, -0.15) is 0 Å². The molecule has 15 heavy (non-hydrogen) atoms. The first kappa shape index (κ1) is 8.41. The highest BCUT2D eigenvalue weighted by atomic mass is 19.1. The first-order valence-corrected chi connectivity index (χ1v) is 4.79. The Morgan fingerprint density at radius 3 is 2.93 bits per heavy atom. The Bertz CT molecular complexity index is 655. The lowest BCUT2D eigenvalue weighted by Crippen LogP contribution is -1.89. The number of aromatic nitrogens is 2. The number of para-hydroxylation sites is 1. The molecule has 1 aromatic carbocycles. The molecule has 3 aromatic rings. The van der Waals surface area contributed by atoms with Crippen LogP contribution in [-0.2, 0) is 0 Å². The Hall–Kier alpha value is -1.90. The van der Waals surface area contributed by atoms with Crippen molar-refractivity contribution in [2.75, 3.05) is 0 Å². The van der Waals surface area contributed by atoms with E-state index in [0.717, 1.165) is 22.0 Å². The van der Waals surface area contributed by atoms with Crippen molar-refractivity contribution >= 4 is 21.8 Å². The van der Waals surface area contributed by atoms with E-state index >= 15 is 0 Å². The number of pyridine rings is 1. The number of fused-ring (bicyclic) bond motifs is 3. The monoisotopic (exact) mass is 200 g/mol. The molecule has 0 unspecified atom stereocenters. The molecule has 3 heteroatoms. The van der Waals surface area contributed by atoms with Gasteiger partial charge in [-0.25, -0.2) is 9.37 Å². The van der Waals surface area contributed by atoms with Crippen molar-refractivity contribution < 1.29 is 4.39 Å². The number of aromatic amines is 1. The molecular weight excluding hydrogens is 191 g/mol. The van der Waals surface area contributed by atoms with Crippen molar-refractivity contribution in [3.05, 3.63) is 42.0 Å². The summed E-state index contributed by atoms with van der Waals surface area (Å²) >= 11 is 0. The lowest BCUT2D eigenvalue weighted by molar-refractivity contribution is 0.636. The summed E-state index contributed by atoms with van der Waals surface area (Å²) < 4.78 is 13.5. The van der Waals surface area contributed by atoms with Gasteiger partial charge in [0.05, 0.1) is 5.52 Å². The topological polar surface area (TPSA) is 28.7 Å². The predicted octanol–water partition coefficient (Wildman–Crippen LogP) is 3.16. The van der Waals surface area contributed by atoms with Gasteiger partial charge in [-0.15, -0.1) is 0 Å². The Morgan fingerprint density at radius 1 is 1.20 bits per heavy atom. The van der Waals surface area contributed by atoms with Gasteiger partial charge in [-0.3, -0.25) is 0 Å².